The Hall–Kier alpha value is -3.21. The monoisotopic (exact) mass is 398 g/mol. The first kappa shape index (κ1) is 20.5. The molecular weight excluding hydrogens is 377 g/mol. The zero-order valence-electron chi connectivity index (χ0n) is 16.1. The van der Waals surface area contributed by atoms with Crippen molar-refractivity contribution in [3.05, 3.63) is 95.8 Å². The van der Waals surface area contributed by atoms with Gasteiger partial charge in [0.25, 0.3) is 0 Å². The van der Waals surface area contributed by atoms with E-state index in [0.29, 0.717) is 18.6 Å². The average Bonchev–Trinajstić information content (AvgIpc) is 2.73. The lowest BCUT2D eigenvalue weighted by molar-refractivity contribution is 0.284. The molecule has 0 atom stereocenters. The first-order chi connectivity index (χ1) is 14.0. The Morgan fingerprint density at radius 2 is 1.52 bits per heavy atom. The van der Waals surface area contributed by atoms with Gasteiger partial charge in [-0.1, -0.05) is 42.5 Å². The van der Waals surface area contributed by atoms with Crippen molar-refractivity contribution in [1.82, 2.24) is 0 Å². The lowest BCUT2D eigenvalue weighted by Gasteiger charge is -2.10. The fourth-order valence-corrected chi connectivity index (χ4v) is 2.74. The van der Waals surface area contributed by atoms with Crippen molar-refractivity contribution in [2.45, 2.75) is 20.0 Å². The minimum Gasteiger partial charge on any atom is -0.490 e. The van der Waals surface area contributed by atoms with Crippen LogP contribution in [0.15, 0.2) is 67.3 Å². The summed E-state index contributed by atoms with van der Waals surface area (Å²) in [4.78, 5) is 0. The summed E-state index contributed by atoms with van der Waals surface area (Å²) in [6, 6.07) is 14.9. The molecule has 0 aromatic heterocycles. The maximum Gasteiger partial charge on any atom is 0.200 e. The second-order valence-corrected chi connectivity index (χ2v) is 6.57. The van der Waals surface area contributed by atoms with Crippen molar-refractivity contribution >= 4 is 0 Å². The maximum absolute atomic E-state index is 14.2. The first-order valence-electron chi connectivity index (χ1n) is 9.19. The average molecular weight is 398 g/mol. The lowest BCUT2D eigenvalue weighted by atomic mass is 10.0. The van der Waals surface area contributed by atoms with Crippen molar-refractivity contribution in [1.29, 1.82) is 0 Å². The summed E-state index contributed by atoms with van der Waals surface area (Å²) in [5.74, 6) is -2.26. The van der Waals surface area contributed by atoms with Gasteiger partial charge in [-0.2, -0.15) is 4.39 Å². The van der Waals surface area contributed by atoms with Crippen molar-refractivity contribution < 1.29 is 22.6 Å². The highest BCUT2D eigenvalue weighted by Gasteiger charge is 2.12. The van der Waals surface area contributed by atoms with Gasteiger partial charge in [-0.3, -0.25) is 0 Å². The minimum atomic E-state index is -0.993. The molecule has 5 heteroatoms. The van der Waals surface area contributed by atoms with Crippen LogP contribution in [-0.2, 0) is 6.61 Å². The highest BCUT2D eigenvalue weighted by Crippen LogP contribution is 2.27. The second kappa shape index (κ2) is 9.32. The predicted octanol–water partition coefficient (Wildman–Crippen LogP) is 6.61. The highest BCUT2D eigenvalue weighted by atomic mass is 19.2. The fraction of sp³-hybridized carbons (Fsp3) is 0.167. The number of ether oxygens (including phenoxy) is 2. The molecule has 0 bridgehead atoms. The van der Waals surface area contributed by atoms with Crippen LogP contribution in [0.4, 0.5) is 13.2 Å². The molecule has 29 heavy (non-hydrogen) atoms. The van der Waals surface area contributed by atoms with Crippen molar-refractivity contribution in [2.75, 3.05) is 6.61 Å². The number of benzene rings is 3. The van der Waals surface area contributed by atoms with E-state index in [1.54, 1.807) is 30.3 Å². The third-order valence-corrected chi connectivity index (χ3v) is 4.43. The summed E-state index contributed by atoms with van der Waals surface area (Å²) in [7, 11) is 0. The van der Waals surface area contributed by atoms with Gasteiger partial charge in [-0.05, 0) is 53.8 Å². The van der Waals surface area contributed by atoms with Gasteiger partial charge in [0.05, 0.1) is 6.61 Å². The van der Waals surface area contributed by atoms with Crippen LogP contribution in [-0.4, -0.2) is 6.61 Å². The Balaban J connectivity index is 1.66. The molecule has 3 aromatic rings. The van der Waals surface area contributed by atoms with Gasteiger partial charge in [0, 0.05) is 0 Å². The van der Waals surface area contributed by atoms with E-state index >= 15 is 0 Å². The van der Waals surface area contributed by atoms with Crippen LogP contribution < -0.4 is 9.47 Å². The summed E-state index contributed by atoms with van der Waals surface area (Å²) in [6.07, 6.45) is 2.35. The molecule has 0 fully saturated rings. The van der Waals surface area contributed by atoms with Gasteiger partial charge >= 0.3 is 0 Å². The molecule has 0 radical (unpaired) electrons. The molecule has 0 heterocycles. The molecule has 0 aliphatic rings. The van der Waals surface area contributed by atoms with Crippen molar-refractivity contribution in [3.8, 4) is 22.6 Å². The summed E-state index contributed by atoms with van der Waals surface area (Å²) < 4.78 is 52.4. The summed E-state index contributed by atoms with van der Waals surface area (Å²) >= 11 is 0. The molecule has 3 aromatic carbocycles. The van der Waals surface area contributed by atoms with Crippen LogP contribution in [0.5, 0.6) is 11.5 Å². The summed E-state index contributed by atoms with van der Waals surface area (Å²) in [6.45, 7) is 5.55. The zero-order valence-corrected chi connectivity index (χ0v) is 16.1. The van der Waals surface area contributed by atoms with Gasteiger partial charge in [0.1, 0.15) is 6.61 Å². The third-order valence-electron chi connectivity index (χ3n) is 4.43. The first-order valence-corrected chi connectivity index (χ1v) is 9.19. The van der Waals surface area contributed by atoms with Crippen LogP contribution in [0.1, 0.15) is 17.5 Å². The van der Waals surface area contributed by atoms with E-state index in [-0.39, 0.29) is 23.7 Å². The Morgan fingerprint density at radius 1 is 0.828 bits per heavy atom. The molecule has 2 nitrogen and oxygen atoms in total. The van der Waals surface area contributed by atoms with E-state index in [9.17, 15) is 13.2 Å². The smallest absolute Gasteiger partial charge is 0.200 e. The van der Waals surface area contributed by atoms with E-state index in [0.717, 1.165) is 11.1 Å². The Bertz CT molecular complexity index is 998. The molecule has 0 aliphatic heterocycles. The number of aryl methyl sites for hydroxylation is 1. The topological polar surface area (TPSA) is 18.5 Å². The molecule has 150 valence electrons. The normalized spacial score (nSPS) is 10.6. The Morgan fingerprint density at radius 3 is 2.21 bits per heavy atom. The molecule has 0 saturated heterocycles. The Kier molecular flexibility index (Phi) is 6.60. The number of hydrogen-bond donors (Lipinski definition) is 0. The molecule has 0 amide bonds. The van der Waals surface area contributed by atoms with Crippen LogP contribution in [0, 0.1) is 24.4 Å². The van der Waals surface area contributed by atoms with Gasteiger partial charge in [-0.25, -0.2) is 8.78 Å². The number of hydrogen-bond acceptors (Lipinski definition) is 2. The largest absolute Gasteiger partial charge is 0.490 e. The molecule has 3 rings (SSSR count). The van der Waals surface area contributed by atoms with Gasteiger partial charge in [-0.15, -0.1) is 6.58 Å². The second-order valence-electron chi connectivity index (χ2n) is 6.57. The Labute approximate surface area is 168 Å². The van der Waals surface area contributed by atoms with E-state index in [2.05, 4.69) is 6.58 Å². The standard InChI is InChI=1S/C24H21F3O2/c1-3-4-13-28-21-12-10-19(14-20(21)25)18-8-6-17(7-9-18)15-29-22-11-5-16(2)23(26)24(22)27/h3,5-12,14H,1,4,13,15H2,2H3. The number of rotatable bonds is 8. The molecular formula is C24H21F3O2. The fourth-order valence-electron chi connectivity index (χ4n) is 2.74. The van der Waals surface area contributed by atoms with E-state index in [1.807, 2.05) is 12.1 Å². The quantitative estimate of drug-likeness (QED) is 0.314. The van der Waals surface area contributed by atoms with Gasteiger partial charge in [0.2, 0.25) is 5.82 Å². The molecule has 0 aliphatic carbocycles. The van der Waals surface area contributed by atoms with Gasteiger partial charge < -0.3 is 9.47 Å². The molecule has 0 unspecified atom stereocenters. The minimum absolute atomic E-state index is 0.0874. The predicted molar refractivity (Wildman–Crippen MR) is 108 cm³/mol. The third kappa shape index (κ3) is 4.99. The molecule has 0 saturated carbocycles. The molecule has 0 spiro atoms. The van der Waals surface area contributed by atoms with Crippen LogP contribution in [0.3, 0.4) is 0 Å². The SMILES string of the molecule is C=CCCOc1ccc(-c2ccc(COc3ccc(C)c(F)c3F)cc2)cc1F. The lowest BCUT2D eigenvalue weighted by Crippen LogP contribution is -2.00. The zero-order chi connectivity index (χ0) is 20.8. The van der Waals surface area contributed by atoms with E-state index < -0.39 is 17.5 Å². The van der Waals surface area contributed by atoms with Crippen LogP contribution >= 0.6 is 0 Å². The van der Waals surface area contributed by atoms with Crippen LogP contribution in [0.25, 0.3) is 11.1 Å². The van der Waals surface area contributed by atoms with Crippen LogP contribution in [0.2, 0.25) is 0 Å². The summed E-state index contributed by atoms with van der Waals surface area (Å²) in [5, 5.41) is 0. The highest BCUT2D eigenvalue weighted by molar-refractivity contribution is 5.64. The molecule has 0 N–H and O–H groups in total. The van der Waals surface area contributed by atoms with Crippen molar-refractivity contribution in [2.24, 2.45) is 0 Å². The van der Waals surface area contributed by atoms with Gasteiger partial charge in [0.15, 0.2) is 23.1 Å². The van der Waals surface area contributed by atoms with Crippen molar-refractivity contribution in [3.63, 3.8) is 0 Å². The number of halogens is 3. The van der Waals surface area contributed by atoms with E-state index in [4.69, 9.17) is 9.47 Å². The van der Waals surface area contributed by atoms with E-state index in [1.165, 1.54) is 25.1 Å². The maximum atomic E-state index is 14.2. The summed E-state index contributed by atoms with van der Waals surface area (Å²) in [5.41, 5.74) is 2.53.